The van der Waals surface area contributed by atoms with Crippen LogP contribution < -0.4 is 5.32 Å². The van der Waals surface area contributed by atoms with Crippen molar-refractivity contribution in [1.82, 2.24) is 9.29 Å². The Kier molecular flexibility index (Phi) is 4.99. The molecule has 0 spiro atoms. The van der Waals surface area contributed by atoms with Gasteiger partial charge in [0.15, 0.2) is 0 Å². The first-order valence-corrected chi connectivity index (χ1v) is 8.72. The van der Waals surface area contributed by atoms with Gasteiger partial charge in [0, 0.05) is 25.8 Å². The first-order chi connectivity index (χ1) is 9.59. The Hall–Kier alpha value is -1.14. The van der Waals surface area contributed by atoms with Crippen molar-refractivity contribution in [1.29, 1.82) is 0 Å². The average Bonchev–Trinajstić information content (AvgIpc) is 2.48. The molecule has 1 saturated heterocycles. The molecule has 2 heterocycles. The van der Waals surface area contributed by atoms with Crippen LogP contribution in [0.3, 0.4) is 0 Å². The fourth-order valence-electron chi connectivity index (χ4n) is 2.62. The van der Waals surface area contributed by atoms with Gasteiger partial charge in [-0.1, -0.05) is 13.3 Å². The highest BCUT2D eigenvalue weighted by molar-refractivity contribution is 7.89. The second-order valence-electron chi connectivity index (χ2n) is 5.16. The fourth-order valence-corrected chi connectivity index (χ4v) is 4.29. The van der Waals surface area contributed by atoms with E-state index < -0.39 is 10.0 Å². The van der Waals surface area contributed by atoms with Crippen molar-refractivity contribution in [3.63, 3.8) is 0 Å². The molecule has 1 unspecified atom stereocenters. The number of hydrogen-bond donors (Lipinski definition) is 1. The fraction of sp³-hybridized carbons (Fsp3) is 0.643. The van der Waals surface area contributed by atoms with Crippen LogP contribution in [0.1, 0.15) is 33.1 Å². The molecule has 1 aliphatic rings. The van der Waals surface area contributed by atoms with Gasteiger partial charge in [0.05, 0.1) is 0 Å². The van der Waals surface area contributed by atoms with Gasteiger partial charge >= 0.3 is 0 Å². The van der Waals surface area contributed by atoms with Crippen molar-refractivity contribution in [3.8, 4) is 0 Å². The molecule has 0 aliphatic carbocycles. The van der Waals surface area contributed by atoms with Crippen LogP contribution in [0.5, 0.6) is 0 Å². The van der Waals surface area contributed by atoms with Crippen LogP contribution in [0.15, 0.2) is 23.2 Å². The van der Waals surface area contributed by atoms with Crippen LogP contribution in [-0.2, 0) is 10.0 Å². The van der Waals surface area contributed by atoms with E-state index in [0.29, 0.717) is 36.3 Å². The first kappa shape index (κ1) is 15.3. The quantitative estimate of drug-likeness (QED) is 0.906. The lowest BCUT2D eigenvalue weighted by atomic mass is 9.97. The Morgan fingerprint density at radius 3 is 2.95 bits per heavy atom. The topological polar surface area (TPSA) is 62.3 Å². The molecule has 112 valence electrons. The summed E-state index contributed by atoms with van der Waals surface area (Å²) in [6.07, 6.45) is 4.70. The van der Waals surface area contributed by atoms with E-state index >= 15 is 0 Å². The van der Waals surface area contributed by atoms with Crippen LogP contribution in [0.2, 0.25) is 0 Å². The van der Waals surface area contributed by atoms with Gasteiger partial charge in [-0.2, -0.15) is 4.31 Å². The zero-order valence-electron chi connectivity index (χ0n) is 12.2. The van der Waals surface area contributed by atoms with Gasteiger partial charge in [-0.3, -0.25) is 0 Å². The van der Waals surface area contributed by atoms with Crippen molar-refractivity contribution in [3.05, 3.63) is 18.3 Å². The molecule has 5 nitrogen and oxygen atoms in total. The monoisotopic (exact) mass is 297 g/mol. The maximum Gasteiger partial charge on any atom is 0.246 e. The smallest absolute Gasteiger partial charge is 0.246 e. The molecule has 0 amide bonds. The standard InChI is InChI=1S/C14H23N3O2S/c1-3-12-7-6-10-17(11-12)20(18,19)13-8-5-9-16-14(13)15-4-2/h5,8-9,12H,3-4,6-7,10-11H2,1-2H3,(H,15,16). The van der Waals surface area contributed by atoms with Crippen LogP contribution in [-0.4, -0.2) is 37.3 Å². The Labute approximate surface area is 121 Å². The minimum Gasteiger partial charge on any atom is -0.369 e. The number of aromatic nitrogens is 1. The number of pyridine rings is 1. The summed E-state index contributed by atoms with van der Waals surface area (Å²) in [5.41, 5.74) is 0. The molecule has 1 aliphatic heterocycles. The third-order valence-corrected chi connectivity index (χ3v) is 5.69. The van der Waals surface area contributed by atoms with E-state index in [1.807, 2.05) is 6.92 Å². The molecular weight excluding hydrogens is 274 g/mol. The molecule has 0 saturated carbocycles. The molecule has 1 fully saturated rings. The molecule has 1 N–H and O–H groups in total. The van der Waals surface area contributed by atoms with Gasteiger partial charge in [-0.05, 0) is 37.8 Å². The zero-order chi connectivity index (χ0) is 14.6. The Balaban J connectivity index is 2.30. The number of piperidine rings is 1. The van der Waals surface area contributed by atoms with E-state index in [2.05, 4.69) is 17.2 Å². The van der Waals surface area contributed by atoms with Crippen LogP contribution in [0, 0.1) is 5.92 Å². The van der Waals surface area contributed by atoms with E-state index in [4.69, 9.17) is 0 Å². The van der Waals surface area contributed by atoms with E-state index in [-0.39, 0.29) is 0 Å². The van der Waals surface area contributed by atoms with Gasteiger partial charge in [0.25, 0.3) is 0 Å². The van der Waals surface area contributed by atoms with Crippen LogP contribution in [0.25, 0.3) is 0 Å². The summed E-state index contributed by atoms with van der Waals surface area (Å²) in [5.74, 6) is 0.923. The van der Waals surface area contributed by atoms with E-state index in [9.17, 15) is 8.42 Å². The molecular formula is C14H23N3O2S. The normalized spacial score (nSPS) is 20.8. The summed E-state index contributed by atoms with van der Waals surface area (Å²) >= 11 is 0. The van der Waals surface area contributed by atoms with E-state index in [0.717, 1.165) is 19.3 Å². The van der Waals surface area contributed by atoms with Crippen LogP contribution in [0.4, 0.5) is 5.82 Å². The second kappa shape index (κ2) is 6.54. The van der Waals surface area contributed by atoms with Crippen molar-refractivity contribution >= 4 is 15.8 Å². The summed E-state index contributed by atoms with van der Waals surface area (Å²) in [7, 11) is -3.45. The number of rotatable bonds is 5. The minimum absolute atomic E-state index is 0.290. The highest BCUT2D eigenvalue weighted by Gasteiger charge is 2.31. The van der Waals surface area contributed by atoms with E-state index in [1.165, 1.54) is 0 Å². The molecule has 0 aromatic carbocycles. The molecule has 0 bridgehead atoms. The molecule has 1 aromatic rings. The third kappa shape index (κ3) is 3.12. The lowest BCUT2D eigenvalue weighted by molar-refractivity contribution is 0.261. The average molecular weight is 297 g/mol. The highest BCUT2D eigenvalue weighted by Crippen LogP contribution is 2.27. The lowest BCUT2D eigenvalue weighted by Crippen LogP contribution is -2.40. The molecule has 0 radical (unpaired) electrons. The summed E-state index contributed by atoms with van der Waals surface area (Å²) in [6.45, 7) is 5.93. The molecule has 2 rings (SSSR count). The van der Waals surface area contributed by atoms with Gasteiger partial charge < -0.3 is 5.32 Å². The lowest BCUT2D eigenvalue weighted by Gasteiger charge is -2.31. The molecule has 1 aromatic heterocycles. The Morgan fingerprint density at radius 2 is 2.25 bits per heavy atom. The van der Waals surface area contributed by atoms with Crippen LogP contribution >= 0.6 is 0 Å². The minimum atomic E-state index is -3.45. The summed E-state index contributed by atoms with van der Waals surface area (Å²) in [6, 6.07) is 3.31. The largest absolute Gasteiger partial charge is 0.369 e. The maximum absolute atomic E-state index is 12.8. The third-order valence-electron chi connectivity index (χ3n) is 3.79. The summed E-state index contributed by atoms with van der Waals surface area (Å²) < 4.78 is 27.2. The Morgan fingerprint density at radius 1 is 1.45 bits per heavy atom. The Bertz CT molecular complexity index is 545. The van der Waals surface area contributed by atoms with Crippen molar-refractivity contribution in [2.24, 2.45) is 5.92 Å². The number of nitrogens with one attached hydrogen (secondary N) is 1. The van der Waals surface area contributed by atoms with Crippen molar-refractivity contribution in [2.75, 3.05) is 25.0 Å². The van der Waals surface area contributed by atoms with Crippen molar-refractivity contribution < 1.29 is 8.42 Å². The molecule has 1 atom stereocenters. The SMILES string of the molecule is CCNc1ncccc1S(=O)(=O)N1CCCC(CC)C1. The second-order valence-corrected chi connectivity index (χ2v) is 7.07. The van der Waals surface area contributed by atoms with Gasteiger partial charge in [0.1, 0.15) is 10.7 Å². The van der Waals surface area contributed by atoms with Gasteiger partial charge in [-0.15, -0.1) is 0 Å². The van der Waals surface area contributed by atoms with Gasteiger partial charge in [0.2, 0.25) is 10.0 Å². The summed E-state index contributed by atoms with van der Waals surface area (Å²) in [4.78, 5) is 4.44. The van der Waals surface area contributed by atoms with Crippen molar-refractivity contribution in [2.45, 2.75) is 38.0 Å². The predicted octanol–water partition coefficient (Wildman–Crippen LogP) is 2.32. The van der Waals surface area contributed by atoms with Gasteiger partial charge in [-0.25, -0.2) is 13.4 Å². The number of hydrogen-bond acceptors (Lipinski definition) is 4. The number of sulfonamides is 1. The van der Waals surface area contributed by atoms with E-state index in [1.54, 1.807) is 22.6 Å². The molecule has 6 heteroatoms. The predicted molar refractivity (Wildman–Crippen MR) is 80.2 cm³/mol. The number of nitrogens with zero attached hydrogens (tertiary/aromatic N) is 2. The summed E-state index contributed by atoms with van der Waals surface area (Å²) in [5, 5.41) is 3.03. The zero-order valence-corrected chi connectivity index (χ0v) is 13.0. The number of anilines is 1. The first-order valence-electron chi connectivity index (χ1n) is 7.28. The highest BCUT2D eigenvalue weighted by atomic mass is 32.2. The maximum atomic E-state index is 12.8. The molecule has 20 heavy (non-hydrogen) atoms.